The number of hydrogen-bond donors (Lipinski definition) is 0. The normalized spacial score (nSPS) is 17.3. The summed E-state index contributed by atoms with van der Waals surface area (Å²) in [5.74, 6) is -59.2. The molecule has 182 valence electrons. The molecule has 0 aromatic carbocycles. The maximum absolute atomic E-state index is 13.2. The van der Waals surface area contributed by atoms with Gasteiger partial charge in [-0.2, -0.15) is 74.6 Å². The van der Waals surface area contributed by atoms with E-state index in [4.69, 9.17) is 0 Å². The third kappa shape index (κ3) is 3.92. The topological polar surface area (TPSA) is 40.1 Å². The molecule has 0 saturated heterocycles. The molecule has 0 rings (SSSR count). The highest BCUT2D eigenvalue weighted by Gasteiger charge is 2.95. The van der Waals surface area contributed by atoms with Gasteiger partial charge in [0.2, 0.25) is 0 Å². The lowest BCUT2D eigenvalue weighted by Crippen LogP contribution is -2.74. The molecule has 0 bridgehead atoms. The van der Waals surface area contributed by atoms with Gasteiger partial charge < -0.3 is 4.55 Å². The summed E-state index contributed by atoms with van der Waals surface area (Å²) in [4.78, 5) is 0. The van der Waals surface area contributed by atoms with Gasteiger partial charge in [0, 0.05) is 12.2 Å². The van der Waals surface area contributed by atoms with E-state index < -0.39 is 70.9 Å². The summed E-state index contributed by atoms with van der Waals surface area (Å²) < 4.78 is 238. The van der Waals surface area contributed by atoms with E-state index in [-0.39, 0.29) is 0 Å². The minimum absolute atomic E-state index is 2.19. The van der Waals surface area contributed by atoms with E-state index in [1.807, 2.05) is 0 Å². The second-order valence-electron chi connectivity index (χ2n) is 5.41. The van der Waals surface area contributed by atoms with Gasteiger partial charge in [-0.1, -0.05) is 11.1 Å². The molecule has 0 amide bonds. The van der Waals surface area contributed by atoms with Gasteiger partial charge in [0.25, 0.3) is 0 Å². The number of rotatable bonds is 9. The number of hydrogen-bond acceptors (Lipinski definition) is 2. The molecule has 0 aromatic rings. The molecule has 0 saturated carbocycles. The Bertz CT molecular complexity index is 651. The average molecular weight is 511 g/mol. The van der Waals surface area contributed by atoms with Crippen LogP contribution in [0.15, 0.2) is 0 Å². The molecule has 0 radical (unpaired) electrons. The third-order valence-corrected chi connectivity index (χ3v) is 3.91. The minimum atomic E-state index is -8.69. The maximum atomic E-state index is 13.2. The summed E-state index contributed by atoms with van der Waals surface area (Å²) in [6.07, 6.45) is -10.8. The van der Waals surface area contributed by atoms with Gasteiger partial charge in [-0.25, -0.2) is 0 Å². The molecule has 0 heterocycles. The first-order valence-corrected chi connectivity index (χ1v) is 7.68. The molecule has 0 aliphatic carbocycles. The monoisotopic (exact) mass is 511 g/mol. The maximum Gasteiger partial charge on any atom is 0.460 e. The molecular weight excluding hydrogens is 507 g/mol. The molecular formula is C10H4F17O2S-. The highest BCUT2D eigenvalue weighted by atomic mass is 32.2. The fraction of sp³-hybridized carbons (Fsp3) is 1.00. The second kappa shape index (κ2) is 7.51. The highest BCUT2D eigenvalue weighted by Crippen LogP contribution is 2.64. The van der Waals surface area contributed by atoms with Gasteiger partial charge >= 0.3 is 47.6 Å². The van der Waals surface area contributed by atoms with E-state index in [1.54, 1.807) is 0 Å². The van der Waals surface area contributed by atoms with E-state index >= 15 is 0 Å². The summed E-state index contributed by atoms with van der Waals surface area (Å²) in [5, 5.41) is 0. The van der Waals surface area contributed by atoms with Gasteiger partial charge in [0.1, 0.15) is 0 Å². The summed E-state index contributed by atoms with van der Waals surface area (Å²) in [5.41, 5.74) is 0. The lowest BCUT2D eigenvalue weighted by molar-refractivity contribution is -0.461. The third-order valence-electron chi connectivity index (χ3n) is 3.37. The zero-order valence-corrected chi connectivity index (χ0v) is 13.9. The quantitative estimate of drug-likeness (QED) is 0.313. The van der Waals surface area contributed by atoms with Crippen LogP contribution in [0, 0.1) is 0 Å². The van der Waals surface area contributed by atoms with Crippen molar-refractivity contribution in [1.29, 1.82) is 0 Å². The molecule has 0 aliphatic heterocycles. The van der Waals surface area contributed by atoms with Crippen LogP contribution in [0.3, 0.4) is 0 Å². The predicted molar refractivity (Wildman–Crippen MR) is 59.1 cm³/mol. The Morgan fingerprint density at radius 1 is 0.500 bits per heavy atom. The molecule has 0 aliphatic rings. The second-order valence-corrected chi connectivity index (χ2v) is 6.42. The average Bonchev–Trinajstić information content (AvgIpc) is 2.50. The van der Waals surface area contributed by atoms with Crippen LogP contribution in [0.4, 0.5) is 74.6 Å². The highest BCUT2D eigenvalue weighted by molar-refractivity contribution is 7.79. The van der Waals surface area contributed by atoms with Crippen molar-refractivity contribution >= 4 is 11.1 Å². The molecule has 30 heavy (non-hydrogen) atoms. The van der Waals surface area contributed by atoms with Crippen molar-refractivity contribution in [3.05, 3.63) is 0 Å². The first-order valence-electron chi connectivity index (χ1n) is 6.44. The van der Waals surface area contributed by atoms with Crippen LogP contribution in [-0.2, 0) is 11.1 Å². The van der Waals surface area contributed by atoms with E-state index in [0.717, 1.165) is 0 Å². The zero-order valence-electron chi connectivity index (χ0n) is 13.1. The zero-order chi connectivity index (χ0) is 25.0. The Morgan fingerprint density at radius 3 is 1.03 bits per heavy atom. The molecule has 0 aromatic heterocycles. The molecule has 1 unspecified atom stereocenters. The van der Waals surface area contributed by atoms with Crippen LogP contribution in [-0.4, -0.2) is 62.1 Å². The van der Waals surface area contributed by atoms with Gasteiger partial charge in [-0.15, -0.1) is 0 Å². The van der Waals surface area contributed by atoms with Crippen molar-refractivity contribution in [2.24, 2.45) is 0 Å². The van der Waals surface area contributed by atoms with E-state index in [2.05, 4.69) is 0 Å². The van der Waals surface area contributed by atoms with Crippen LogP contribution in [0.5, 0.6) is 0 Å². The van der Waals surface area contributed by atoms with Gasteiger partial charge in [-0.3, -0.25) is 4.21 Å². The van der Waals surface area contributed by atoms with E-state index in [9.17, 15) is 83.4 Å². The van der Waals surface area contributed by atoms with Gasteiger partial charge in [0.15, 0.2) is 0 Å². The van der Waals surface area contributed by atoms with Crippen molar-refractivity contribution in [1.82, 2.24) is 0 Å². The molecule has 20 heteroatoms. The molecule has 2 nitrogen and oxygen atoms in total. The molecule has 0 fully saturated rings. The number of halogens is 17. The fourth-order valence-corrected chi connectivity index (χ4v) is 1.99. The SMILES string of the molecule is O=S([O-])CCC(F)(F)C(F)(F)C(F)(F)C(F)(F)C(F)(F)C(F)(F)C(F)(F)C(F)(F)F. The Kier molecular flexibility index (Phi) is 7.24. The first kappa shape index (κ1) is 28.9. The van der Waals surface area contributed by atoms with Crippen molar-refractivity contribution in [3.8, 4) is 0 Å². The van der Waals surface area contributed by atoms with Crippen molar-refractivity contribution in [2.45, 2.75) is 54.1 Å². The summed E-state index contributed by atoms with van der Waals surface area (Å²) in [7, 11) is 0. The Balaban J connectivity index is 6.58. The molecule has 0 spiro atoms. The largest absolute Gasteiger partial charge is 0.772 e. The van der Waals surface area contributed by atoms with Crippen LogP contribution in [0.25, 0.3) is 0 Å². The number of alkyl halides is 17. The smallest absolute Gasteiger partial charge is 0.460 e. The molecule has 1 atom stereocenters. The Labute approximate surface area is 155 Å². The summed E-state index contributed by atoms with van der Waals surface area (Å²) in [6, 6.07) is 0. The van der Waals surface area contributed by atoms with E-state index in [1.165, 1.54) is 0 Å². The summed E-state index contributed by atoms with van der Waals surface area (Å²) >= 11 is -3.74. The Morgan fingerprint density at radius 2 is 0.767 bits per heavy atom. The van der Waals surface area contributed by atoms with Crippen molar-refractivity contribution in [2.75, 3.05) is 5.75 Å². The van der Waals surface area contributed by atoms with Crippen LogP contribution in [0.2, 0.25) is 0 Å². The molecule has 0 N–H and O–H groups in total. The van der Waals surface area contributed by atoms with Crippen molar-refractivity contribution < 1.29 is 83.4 Å². The van der Waals surface area contributed by atoms with Gasteiger partial charge in [0.05, 0.1) is 0 Å². The van der Waals surface area contributed by atoms with Crippen molar-refractivity contribution in [3.63, 3.8) is 0 Å². The lowest BCUT2D eigenvalue weighted by Gasteiger charge is -2.42. The summed E-state index contributed by atoms with van der Waals surface area (Å²) in [6.45, 7) is 0. The standard InChI is InChI=1S/C10H5F17O2S/c11-3(12,1-2-30(28)29)4(13,14)5(15,16)6(17,18)7(19,20)8(21,22)9(23,24)10(25,26)27/h1-2H2,(H,28,29)/p-1. The van der Waals surface area contributed by atoms with Crippen LogP contribution < -0.4 is 0 Å². The lowest BCUT2D eigenvalue weighted by atomic mass is 9.88. The van der Waals surface area contributed by atoms with Gasteiger partial charge in [-0.05, 0) is 0 Å². The van der Waals surface area contributed by atoms with Crippen LogP contribution >= 0.6 is 0 Å². The predicted octanol–water partition coefficient (Wildman–Crippen LogP) is 5.27. The van der Waals surface area contributed by atoms with E-state index in [0.29, 0.717) is 0 Å². The fourth-order valence-electron chi connectivity index (χ4n) is 1.56. The van der Waals surface area contributed by atoms with Crippen LogP contribution in [0.1, 0.15) is 6.42 Å². The first-order chi connectivity index (χ1) is 12.7. The Hall–Kier alpha value is -1.08. The minimum Gasteiger partial charge on any atom is -0.772 e.